The van der Waals surface area contributed by atoms with E-state index in [2.05, 4.69) is 58.3 Å². The maximum absolute atomic E-state index is 12.3. The zero-order chi connectivity index (χ0) is 18.7. The number of aromatic amines is 1. The van der Waals surface area contributed by atoms with Crippen LogP contribution in [-0.4, -0.2) is 44.8 Å². The molecule has 1 amide bonds. The second-order valence-electron chi connectivity index (χ2n) is 6.30. The van der Waals surface area contributed by atoms with Gasteiger partial charge in [0.25, 0.3) is 5.91 Å². The van der Waals surface area contributed by atoms with Crippen LogP contribution in [0.25, 0.3) is 6.08 Å². The predicted molar refractivity (Wildman–Crippen MR) is 102 cm³/mol. The van der Waals surface area contributed by atoms with Gasteiger partial charge in [-0.3, -0.25) is 9.69 Å². The summed E-state index contributed by atoms with van der Waals surface area (Å²) in [5, 5.41) is 12.1. The standard InChI is InChI=1S/C19H24N6O/c1-5-25(6-2)11-15-12(3)17(21-13(15)4)10-14-18(23-24-19(14)26)16-8-7-9-20-22-16/h7-10,21H,5-6,11H2,1-4H3,(H,24,26). The van der Waals surface area contributed by atoms with Gasteiger partial charge in [0.2, 0.25) is 0 Å². The van der Waals surface area contributed by atoms with Crippen LogP contribution in [0.3, 0.4) is 0 Å². The van der Waals surface area contributed by atoms with E-state index in [-0.39, 0.29) is 5.91 Å². The molecule has 136 valence electrons. The Bertz CT molecular complexity index is 862. The number of hydrazone groups is 1. The van der Waals surface area contributed by atoms with Crippen molar-refractivity contribution in [3.05, 3.63) is 52.1 Å². The molecular formula is C19H24N6O. The molecule has 0 unspecified atom stereocenters. The maximum Gasteiger partial charge on any atom is 0.273 e. The van der Waals surface area contributed by atoms with Gasteiger partial charge in [-0.15, -0.1) is 5.10 Å². The Morgan fingerprint density at radius 3 is 2.65 bits per heavy atom. The first-order chi connectivity index (χ1) is 12.5. The summed E-state index contributed by atoms with van der Waals surface area (Å²) in [6.45, 7) is 11.4. The molecule has 0 saturated heterocycles. The first-order valence-electron chi connectivity index (χ1n) is 8.83. The fraction of sp³-hybridized carbons (Fsp3) is 0.368. The van der Waals surface area contributed by atoms with Crippen LogP contribution < -0.4 is 5.43 Å². The minimum absolute atomic E-state index is 0.234. The number of hydrogen-bond acceptors (Lipinski definition) is 5. The van der Waals surface area contributed by atoms with Gasteiger partial charge in [-0.25, -0.2) is 5.43 Å². The van der Waals surface area contributed by atoms with Crippen LogP contribution in [-0.2, 0) is 11.3 Å². The first kappa shape index (κ1) is 18.0. The third kappa shape index (κ3) is 3.43. The van der Waals surface area contributed by atoms with Gasteiger partial charge in [0.1, 0.15) is 11.4 Å². The average Bonchev–Trinajstić information content (AvgIpc) is 3.14. The van der Waals surface area contributed by atoms with E-state index >= 15 is 0 Å². The molecule has 3 heterocycles. The fourth-order valence-electron chi connectivity index (χ4n) is 3.10. The summed E-state index contributed by atoms with van der Waals surface area (Å²) in [5.41, 5.74) is 8.57. The number of aryl methyl sites for hydroxylation is 1. The lowest BCUT2D eigenvalue weighted by Crippen LogP contribution is -2.22. The van der Waals surface area contributed by atoms with E-state index in [1.807, 2.05) is 6.08 Å². The molecule has 2 aromatic heterocycles. The highest BCUT2D eigenvalue weighted by molar-refractivity contribution is 6.32. The van der Waals surface area contributed by atoms with Crippen LogP contribution in [0.2, 0.25) is 0 Å². The van der Waals surface area contributed by atoms with E-state index in [0.717, 1.165) is 36.6 Å². The lowest BCUT2D eigenvalue weighted by molar-refractivity contribution is -0.116. The van der Waals surface area contributed by atoms with Crippen LogP contribution in [0.1, 0.15) is 42.1 Å². The van der Waals surface area contributed by atoms with Crippen molar-refractivity contribution in [2.75, 3.05) is 13.1 Å². The van der Waals surface area contributed by atoms with Crippen molar-refractivity contribution in [2.45, 2.75) is 34.2 Å². The van der Waals surface area contributed by atoms with E-state index in [4.69, 9.17) is 0 Å². The van der Waals surface area contributed by atoms with Gasteiger partial charge in [-0.1, -0.05) is 13.8 Å². The zero-order valence-electron chi connectivity index (χ0n) is 15.6. The highest BCUT2D eigenvalue weighted by Crippen LogP contribution is 2.24. The molecule has 3 rings (SSSR count). The molecule has 2 N–H and O–H groups in total. The summed E-state index contributed by atoms with van der Waals surface area (Å²) in [5.74, 6) is -0.234. The highest BCUT2D eigenvalue weighted by atomic mass is 16.2. The molecule has 1 aliphatic rings. The van der Waals surface area contributed by atoms with Gasteiger partial charge in [0.05, 0.1) is 5.57 Å². The van der Waals surface area contributed by atoms with Crippen LogP contribution in [0.4, 0.5) is 0 Å². The minimum Gasteiger partial charge on any atom is -0.359 e. The SMILES string of the molecule is CCN(CC)Cc1c(C)[nH]c(C=C2C(=O)NN=C2c2cccnn2)c1C. The summed E-state index contributed by atoms with van der Waals surface area (Å²) < 4.78 is 0. The van der Waals surface area contributed by atoms with Gasteiger partial charge < -0.3 is 4.98 Å². The van der Waals surface area contributed by atoms with Crippen LogP contribution >= 0.6 is 0 Å². The van der Waals surface area contributed by atoms with Gasteiger partial charge in [-0.2, -0.15) is 10.2 Å². The Labute approximate surface area is 153 Å². The molecule has 0 spiro atoms. The normalized spacial score (nSPS) is 15.7. The number of aromatic nitrogens is 3. The molecule has 0 radical (unpaired) electrons. The summed E-state index contributed by atoms with van der Waals surface area (Å²) in [6.07, 6.45) is 3.44. The number of carbonyl (C=O) groups is 1. The molecule has 0 saturated carbocycles. The van der Waals surface area contributed by atoms with Crippen LogP contribution in [0.5, 0.6) is 0 Å². The monoisotopic (exact) mass is 352 g/mol. The third-order valence-corrected chi connectivity index (χ3v) is 4.78. The second-order valence-corrected chi connectivity index (χ2v) is 6.30. The zero-order valence-corrected chi connectivity index (χ0v) is 15.6. The number of amides is 1. The van der Waals surface area contributed by atoms with E-state index in [9.17, 15) is 4.79 Å². The van der Waals surface area contributed by atoms with Crippen molar-refractivity contribution >= 4 is 17.7 Å². The molecule has 0 aromatic carbocycles. The largest absolute Gasteiger partial charge is 0.359 e. The lowest BCUT2D eigenvalue weighted by atomic mass is 10.0. The van der Waals surface area contributed by atoms with E-state index in [0.29, 0.717) is 17.0 Å². The highest BCUT2D eigenvalue weighted by Gasteiger charge is 2.26. The molecule has 0 fully saturated rings. The Hall–Kier alpha value is -2.80. The van der Waals surface area contributed by atoms with E-state index in [1.54, 1.807) is 18.3 Å². The molecule has 0 atom stereocenters. The van der Waals surface area contributed by atoms with E-state index in [1.165, 1.54) is 5.56 Å². The predicted octanol–water partition coefficient (Wildman–Crippen LogP) is 2.18. The van der Waals surface area contributed by atoms with Gasteiger partial charge in [0, 0.05) is 24.1 Å². The quantitative estimate of drug-likeness (QED) is 0.780. The molecule has 0 bridgehead atoms. The van der Waals surface area contributed by atoms with Crippen molar-refractivity contribution in [1.82, 2.24) is 25.5 Å². The fourth-order valence-corrected chi connectivity index (χ4v) is 3.10. The first-order valence-corrected chi connectivity index (χ1v) is 8.83. The van der Waals surface area contributed by atoms with E-state index < -0.39 is 0 Å². The van der Waals surface area contributed by atoms with Crippen molar-refractivity contribution < 1.29 is 4.79 Å². The molecule has 1 aliphatic heterocycles. The smallest absolute Gasteiger partial charge is 0.273 e. The van der Waals surface area contributed by atoms with Crippen molar-refractivity contribution in [3.8, 4) is 0 Å². The Morgan fingerprint density at radius 1 is 1.23 bits per heavy atom. The maximum atomic E-state index is 12.3. The summed E-state index contributed by atoms with van der Waals surface area (Å²) >= 11 is 0. The molecule has 0 aliphatic carbocycles. The molecule has 7 heteroatoms. The van der Waals surface area contributed by atoms with Crippen LogP contribution in [0, 0.1) is 13.8 Å². The number of rotatable bonds is 6. The van der Waals surface area contributed by atoms with Crippen molar-refractivity contribution in [1.29, 1.82) is 0 Å². The molecule has 2 aromatic rings. The Balaban J connectivity index is 1.96. The number of H-pyrrole nitrogens is 1. The van der Waals surface area contributed by atoms with Gasteiger partial charge >= 0.3 is 0 Å². The van der Waals surface area contributed by atoms with Gasteiger partial charge in [0.15, 0.2) is 0 Å². The summed E-state index contributed by atoms with van der Waals surface area (Å²) in [4.78, 5) is 18.1. The molecular weight excluding hydrogens is 328 g/mol. The summed E-state index contributed by atoms with van der Waals surface area (Å²) in [7, 11) is 0. The topological polar surface area (TPSA) is 86.3 Å². The van der Waals surface area contributed by atoms with Gasteiger partial charge in [-0.05, 0) is 56.3 Å². The third-order valence-electron chi connectivity index (χ3n) is 4.78. The molecule has 7 nitrogen and oxygen atoms in total. The molecule has 26 heavy (non-hydrogen) atoms. The van der Waals surface area contributed by atoms with Crippen molar-refractivity contribution in [3.63, 3.8) is 0 Å². The number of hydrogen-bond donors (Lipinski definition) is 2. The summed E-state index contributed by atoms with van der Waals surface area (Å²) in [6, 6.07) is 3.57. The average molecular weight is 352 g/mol. The number of nitrogens with zero attached hydrogens (tertiary/aromatic N) is 4. The van der Waals surface area contributed by atoms with Crippen LogP contribution in [0.15, 0.2) is 29.0 Å². The van der Waals surface area contributed by atoms with Crippen molar-refractivity contribution in [2.24, 2.45) is 5.10 Å². The number of nitrogens with one attached hydrogen (secondary N) is 2. The second kappa shape index (κ2) is 7.61. The minimum atomic E-state index is -0.234. The Kier molecular flexibility index (Phi) is 5.27. The lowest BCUT2D eigenvalue weighted by Gasteiger charge is -2.18. The Morgan fingerprint density at radius 2 is 2.00 bits per heavy atom. The number of carbonyl (C=O) groups excluding carboxylic acids is 1.